The van der Waals surface area contributed by atoms with Gasteiger partial charge in [-0.15, -0.1) is 0 Å². The van der Waals surface area contributed by atoms with Gasteiger partial charge >= 0.3 is 0 Å². The molecular formula is C13H32N4. The highest BCUT2D eigenvalue weighted by Crippen LogP contribution is 1.95. The van der Waals surface area contributed by atoms with Gasteiger partial charge in [0.2, 0.25) is 0 Å². The Bertz CT molecular complexity index is 159. The first-order valence-electron chi connectivity index (χ1n) is 6.92. The molecule has 0 aromatic rings. The summed E-state index contributed by atoms with van der Waals surface area (Å²) in [5.74, 6) is 0. The van der Waals surface area contributed by atoms with Crippen molar-refractivity contribution in [3.63, 3.8) is 0 Å². The Morgan fingerprint density at radius 2 is 1.59 bits per heavy atom. The maximum atomic E-state index is 5.73. The van der Waals surface area contributed by atoms with E-state index in [-0.39, 0.29) is 0 Å². The predicted octanol–water partition coefficient (Wildman–Crippen LogP) is 0.763. The van der Waals surface area contributed by atoms with E-state index in [2.05, 4.69) is 31.1 Å². The molecule has 0 aliphatic carbocycles. The van der Waals surface area contributed by atoms with Gasteiger partial charge in [-0.2, -0.15) is 0 Å². The summed E-state index contributed by atoms with van der Waals surface area (Å²) in [4.78, 5) is 2.37. The highest BCUT2D eigenvalue weighted by atomic mass is 15.1. The third-order valence-corrected chi connectivity index (χ3v) is 2.89. The number of nitrogens with two attached hydrogens (primary N) is 2. The van der Waals surface area contributed by atoms with Crippen LogP contribution in [0.25, 0.3) is 0 Å². The van der Waals surface area contributed by atoms with E-state index in [0.29, 0.717) is 12.1 Å². The van der Waals surface area contributed by atoms with Gasteiger partial charge in [0.05, 0.1) is 0 Å². The topological polar surface area (TPSA) is 67.3 Å². The van der Waals surface area contributed by atoms with Crippen LogP contribution in [0.2, 0.25) is 0 Å². The van der Waals surface area contributed by atoms with Crippen LogP contribution in [-0.4, -0.2) is 50.2 Å². The van der Waals surface area contributed by atoms with E-state index >= 15 is 0 Å². The van der Waals surface area contributed by atoms with Crippen LogP contribution in [0.3, 0.4) is 0 Å². The highest BCUT2D eigenvalue weighted by Gasteiger charge is 2.00. The Labute approximate surface area is 107 Å². The number of nitrogens with one attached hydrogen (secondary N) is 1. The van der Waals surface area contributed by atoms with Gasteiger partial charge in [0.25, 0.3) is 0 Å². The zero-order valence-corrected chi connectivity index (χ0v) is 11.9. The van der Waals surface area contributed by atoms with Gasteiger partial charge in [-0.3, -0.25) is 0 Å². The number of rotatable bonds is 11. The summed E-state index contributed by atoms with van der Waals surface area (Å²) in [7, 11) is 2.17. The Morgan fingerprint density at radius 3 is 2.18 bits per heavy atom. The van der Waals surface area contributed by atoms with Crippen molar-refractivity contribution in [1.82, 2.24) is 10.2 Å². The van der Waals surface area contributed by atoms with Gasteiger partial charge in [0, 0.05) is 12.1 Å². The van der Waals surface area contributed by atoms with Crippen molar-refractivity contribution in [2.24, 2.45) is 11.5 Å². The Balaban J connectivity index is 3.16. The van der Waals surface area contributed by atoms with E-state index in [4.69, 9.17) is 11.5 Å². The SMILES string of the molecule is CC(N)CCNCCCCN(C)CCC(C)N. The standard InChI is InChI=1S/C13H32N4/c1-12(14)6-9-16-8-4-5-10-17(3)11-7-13(2)15/h12-13,16H,4-11,14-15H2,1-3H3. The van der Waals surface area contributed by atoms with Crippen LogP contribution in [0.4, 0.5) is 0 Å². The maximum Gasteiger partial charge on any atom is 0.00226 e. The van der Waals surface area contributed by atoms with Crippen LogP contribution in [0, 0.1) is 0 Å². The van der Waals surface area contributed by atoms with Gasteiger partial charge in [0.15, 0.2) is 0 Å². The molecule has 2 unspecified atom stereocenters. The van der Waals surface area contributed by atoms with Gasteiger partial charge in [0.1, 0.15) is 0 Å². The van der Waals surface area contributed by atoms with E-state index in [9.17, 15) is 0 Å². The van der Waals surface area contributed by atoms with Crippen molar-refractivity contribution in [3.05, 3.63) is 0 Å². The Hall–Kier alpha value is -0.160. The number of unbranched alkanes of at least 4 members (excludes halogenated alkanes) is 1. The van der Waals surface area contributed by atoms with Gasteiger partial charge < -0.3 is 21.7 Å². The normalized spacial score (nSPS) is 15.2. The summed E-state index contributed by atoms with van der Waals surface area (Å²) in [6.07, 6.45) is 4.64. The fraction of sp³-hybridized carbons (Fsp3) is 1.00. The molecule has 0 fully saturated rings. The maximum absolute atomic E-state index is 5.73. The van der Waals surface area contributed by atoms with Crippen LogP contribution in [-0.2, 0) is 0 Å². The molecule has 4 heteroatoms. The van der Waals surface area contributed by atoms with E-state index in [1.54, 1.807) is 0 Å². The third-order valence-electron chi connectivity index (χ3n) is 2.89. The lowest BCUT2D eigenvalue weighted by atomic mass is 10.2. The molecule has 0 radical (unpaired) electrons. The fourth-order valence-electron chi connectivity index (χ4n) is 1.62. The number of hydrogen-bond acceptors (Lipinski definition) is 4. The summed E-state index contributed by atoms with van der Waals surface area (Å²) in [6.45, 7) is 8.54. The summed E-state index contributed by atoms with van der Waals surface area (Å²) >= 11 is 0. The summed E-state index contributed by atoms with van der Waals surface area (Å²) in [5.41, 5.74) is 11.4. The molecule has 0 saturated carbocycles. The lowest BCUT2D eigenvalue weighted by Gasteiger charge is -2.17. The van der Waals surface area contributed by atoms with Crippen molar-refractivity contribution in [2.75, 3.05) is 33.2 Å². The summed E-state index contributed by atoms with van der Waals surface area (Å²) < 4.78 is 0. The van der Waals surface area contributed by atoms with E-state index in [0.717, 1.165) is 32.5 Å². The van der Waals surface area contributed by atoms with Gasteiger partial charge in [-0.05, 0) is 72.8 Å². The molecular weight excluding hydrogens is 212 g/mol. The van der Waals surface area contributed by atoms with E-state index in [1.807, 2.05) is 0 Å². The molecule has 104 valence electrons. The zero-order chi connectivity index (χ0) is 13.1. The Kier molecular flexibility index (Phi) is 10.9. The minimum Gasteiger partial charge on any atom is -0.328 e. The Morgan fingerprint density at radius 1 is 0.941 bits per heavy atom. The predicted molar refractivity (Wildman–Crippen MR) is 76.1 cm³/mol. The smallest absolute Gasteiger partial charge is 0.00226 e. The molecule has 0 spiro atoms. The molecule has 0 rings (SSSR count). The molecule has 0 aromatic carbocycles. The molecule has 2 atom stereocenters. The average Bonchev–Trinajstić information content (AvgIpc) is 2.24. The zero-order valence-electron chi connectivity index (χ0n) is 11.9. The number of nitrogens with zero attached hydrogens (tertiary/aromatic N) is 1. The molecule has 0 aromatic heterocycles. The molecule has 0 aliphatic heterocycles. The molecule has 0 heterocycles. The molecule has 0 amide bonds. The van der Waals surface area contributed by atoms with E-state index < -0.39 is 0 Å². The molecule has 5 N–H and O–H groups in total. The van der Waals surface area contributed by atoms with Gasteiger partial charge in [-0.25, -0.2) is 0 Å². The van der Waals surface area contributed by atoms with E-state index in [1.165, 1.54) is 19.4 Å². The molecule has 0 saturated heterocycles. The number of hydrogen-bond donors (Lipinski definition) is 3. The fourth-order valence-corrected chi connectivity index (χ4v) is 1.62. The second-order valence-electron chi connectivity index (χ2n) is 5.29. The van der Waals surface area contributed by atoms with Crippen molar-refractivity contribution in [3.8, 4) is 0 Å². The lowest BCUT2D eigenvalue weighted by molar-refractivity contribution is 0.312. The van der Waals surface area contributed by atoms with Crippen molar-refractivity contribution >= 4 is 0 Å². The first-order valence-corrected chi connectivity index (χ1v) is 6.92. The van der Waals surface area contributed by atoms with Crippen molar-refractivity contribution in [2.45, 2.75) is 51.6 Å². The second kappa shape index (κ2) is 11.0. The van der Waals surface area contributed by atoms with Crippen LogP contribution in [0.5, 0.6) is 0 Å². The quantitative estimate of drug-likeness (QED) is 0.470. The summed E-state index contributed by atoms with van der Waals surface area (Å²) in [6, 6.07) is 0.629. The molecule has 4 nitrogen and oxygen atoms in total. The van der Waals surface area contributed by atoms with Crippen molar-refractivity contribution < 1.29 is 0 Å². The largest absolute Gasteiger partial charge is 0.328 e. The second-order valence-corrected chi connectivity index (χ2v) is 5.29. The van der Waals surface area contributed by atoms with Gasteiger partial charge in [-0.1, -0.05) is 0 Å². The summed E-state index contributed by atoms with van der Waals surface area (Å²) in [5, 5.41) is 3.42. The molecule has 17 heavy (non-hydrogen) atoms. The molecule has 0 aliphatic rings. The van der Waals surface area contributed by atoms with Crippen molar-refractivity contribution in [1.29, 1.82) is 0 Å². The van der Waals surface area contributed by atoms with Crippen LogP contribution >= 0.6 is 0 Å². The van der Waals surface area contributed by atoms with Crippen LogP contribution in [0.1, 0.15) is 39.5 Å². The minimum atomic E-state index is 0.312. The molecule has 0 bridgehead atoms. The highest BCUT2D eigenvalue weighted by molar-refractivity contribution is 4.60. The average molecular weight is 244 g/mol. The third kappa shape index (κ3) is 13.8. The minimum absolute atomic E-state index is 0.312. The van der Waals surface area contributed by atoms with Crippen LogP contribution < -0.4 is 16.8 Å². The van der Waals surface area contributed by atoms with Crippen LogP contribution in [0.15, 0.2) is 0 Å². The lowest BCUT2D eigenvalue weighted by Crippen LogP contribution is -2.28. The first-order chi connectivity index (χ1) is 8.02. The monoisotopic (exact) mass is 244 g/mol. The first kappa shape index (κ1) is 16.8.